The lowest BCUT2D eigenvalue weighted by atomic mass is 10.2. The Kier molecular flexibility index (Phi) is 3.47. The van der Waals surface area contributed by atoms with E-state index < -0.39 is 10.0 Å². The molecule has 0 saturated heterocycles. The van der Waals surface area contributed by atoms with Crippen molar-refractivity contribution in [2.45, 2.75) is 10.2 Å². The Labute approximate surface area is 86.3 Å². The van der Waals surface area contributed by atoms with Crippen LogP contribution in [0.2, 0.25) is 0 Å². The van der Waals surface area contributed by atoms with E-state index in [1.165, 1.54) is 7.05 Å². The molecule has 0 fully saturated rings. The number of hydrogen-bond donors (Lipinski definition) is 1. The van der Waals surface area contributed by atoms with Gasteiger partial charge in [-0.05, 0) is 18.7 Å². The van der Waals surface area contributed by atoms with Gasteiger partial charge in [-0.25, -0.2) is 13.1 Å². The van der Waals surface area contributed by atoms with Crippen LogP contribution in [0.25, 0.3) is 0 Å². The maximum absolute atomic E-state index is 11.4. The van der Waals surface area contributed by atoms with Gasteiger partial charge in [-0.15, -0.1) is 0 Å². The van der Waals surface area contributed by atoms with E-state index in [4.69, 9.17) is 0 Å². The van der Waals surface area contributed by atoms with Gasteiger partial charge in [0.15, 0.2) is 0 Å². The first-order valence-corrected chi connectivity index (χ1v) is 6.29. The SMILES string of the molecule is CNS(=O)(=O)c1ccccc1CBr. The molecule has 0 heterocycles. The summed E-state index contributed by atoms with van der Waals surface area (Å²) < 4.78 is 25.2. The first kappa shape index (κ1) is 10.7. The first-order valence-electron chi connectivity index (χ1n) is 3.69. The van der Waals surface area contributed by atoms with Gasteiger partial charge in [0.05, 0.1) is 4.90 Å². The second-order valence-electron chi connectivity index (χ2n) is 2.45. The largest absolute Gasteiger partial charge is 0.240 e. The highest BCUT2D eigenvalue weighted by atomic mass is 79.9. The van der Waals surface area contributed by atoms with Crippen LogP contribution in [-0.4, -0.2) is 15.5 Å². The van der Waals surface area contributed by atoms with E-state index in [1.807, 2.05) is 6.07 Å². The summed E-state index contributed by atoms with van der Waals surface area (Å²) in [5, 5.41) is 0.532. The minimum Gasteiger partial charge on any atom is -0.214 e. The Bertz CT molecular complexity index is 389. The van der Waals surface area contributed by atoms with Gasteiger partial charge in [-0.1, -0.05) is 34.1 Å². The van der Waals surface area contributed by atoms with Crippen LogP contribution in [0.1, 0.15) is 5.56 Å². The van der Waals surface area contributed by atoms with Crippen LogP contribution in [0.15, 0.2) is 29.2 Å². The summed E-state index contributed by atoms with van der Waals surface area (Å²) in [6.07, 6.45) is 0. The van der Waals surface area contributed by atoms with Crippen LogP contribution in [0.5, 0.6) is 0 Å². The van der Waals surface area contributed by atoms with E-state index >= 15 is 0 Å². The maximum Gasteiger partial charge on any atom is 0.240 e. The fraction of sp³-hybridized carbons (Fsp3) is 0.250. The van der Waals surface area contributed by atoms with E-state index in [9.17, 15) is 8.42 Å². The van der Waals surface area contributed by atoms with E-state index in [2.05, 4.69) is 20.7 Å². The minimum atomic E-state index is -3.32. The molecule has 3 nitrogen and oxygen atoms in total. The molecule has 0 aliphatic rings. The second kappa shape index (κ2) is 4.21. The molecule has 5 heteroatoms. The zero-order chi connectivity index (χ0) is 9.90. The highest BCUT2D eigenvalue weighted by molar-refractivity contribution is 9.08. The molecule has 13 heavy (non-hydrogen) atoms. The zero-order valence-corrected chi connectivity index (χ0v) is 9.52. The summed E-state index contributed by atoms with van der Waals surface area (Å²) in [4.78, 5) is 0.328. The molecule has 0 radical (unpaired) electrons. The Balaban J connectivity index is 3.29. The molecule has 72 valence electrons. The average molecular weight is 264 g/mol. The van der Waals surface area contributed by atoms with Gasteiger partial charge in [-0.3, -0.25) is 0 Å². The molecule has 0 unspecified atom stereocenters. The topological polar surface area (TPSA) is 46.2 Å². The van der Waals surface area contributed by atoms with Crippen LogP contribution in [0.4, 0.5) is 0 Å². The van der Waals surface area contributed by atoms with Crippen LogP contribution in [0.3, 0.4) is 0 Å². The molecule has 0 spiro atoms. The number of halogens is 1. The zero-order valence-electron chi connectivity index (χ0n) is 7.12. The van der Waals surface area contributed by atoms with Gasteiger partial charge in [0.25, 0.3) is 0 Å². The molecular weight excluding hydrogens is 254 g/mol. The fourth-order valence-electron chi connectivity index (χ4n) is 0.986. The van der Waals surface area contributed by atoms with E-state index in [-0.39, 0.29) is 0 Å². The molecule has 0 aliphatic heterocycles. The van der Waals surface area contributed by atoms with E-state index in [0.29, 0.717) is 10.2 Å². The molecule has 0 aromatic heterocycles. The summed E-state index contributed by atoms with van der Waals surface area (Å²) in [5.41, 5.74) is 0.761. The third-order valence-electron chi connectivity index (χ3n) is 1.67. The van der Waals surface area contributed by atoms with E-state index in [0.717, 1.165) is 5.56 Å². The number of alkyl halides is 1. The quantitative estimate of drug-likeness (QED) is 0.841. The molecular formula is C8H10BrNO2S. The summed E-state index contributed by atoms with van der Waals surface area (Å²) >= 11 is 3.24. The lowest BCUT2D eigenvalue weighted by Gasteiger charge is -2.06. The summed E-state index contributed by atoms with van der Waals surface area (Å²) in [6.45, 7) is 0. The number of hydrogen-bond acceptors (Lipinski definition) is 2. The first-order chi connectivity index (χ1) is 6.11. The van der Waals surface area contributed by atoms with Crippen molar-refractivity contribution < 1.29 is 8.42 Å². The lowest BCUT2D eigenvalue weighted by molar-refractivity contribution is 0.587. The molecule has 1 rings (SSSR count). The van der Waals surface area contributed by atoms with Crippen molar-refractivity contribution in [1.82, 2.24) is 4.72 Å². The number of benzene rings is 1. The van der Waals surface area contributed by atoms with Crippen LogP contribution < -0.4 is 4.72 Å². The van der Waals surface area contributed by atoms with Gasteiger partial charge >= 0.3 is 0 Å². The van der Waals surface area contributed by atoms with Crippen LogP contribution >= 0.6 is 15.9 Å². The number of nitrogens with one attached hydrogen (secondary N) is 1. The number of rotatable bonds is 3. The second-order valence-corrected chi connectivity index (χ2v) is 4.86. The normalized spacial score (nSPS) is 11.5. The van der Waals surface area contributed by atoms with Crippen molar-refractivity contribution in [2.75, 3.05) is 7.05 Å². The minimum absolute atomic E-state index is 0.328. The molecule has 0 saturated carbocycles. The number of sulfonamides is 1. The van der Waals surface area contributed by atoms with Gasteiger partial charge in [0, 0.05) is 5.33 Å². The van der Waals surface area contributed by atoms with Crippen LogP contribution in [-0.2, 0) is 15.4 Å². The third kappa shape index (κ3) is 2.30. The lowest BCUT2D eigenvalue weighted by Crippen LogP contribution is -2.19. The van der Waals surface area contributed by atoms with Crippen molar-refractivity contribution in [2.24, 2.45) is 0 Å². The third-order valence-corrected chi connectivity index (χ3v) is 3.79. The van der Waals surface area contributed by atoms with Gasteiger partial charge in [0.1, 0.15) is 0 Å². The highest BCUT2D eigenvalue weighted by Gasteiger charge is 2.14. The average Bonchev–Trinajstić information content (AvgIpc) is 2.18. The predicted molar refractivity (Wildman–Crippen MR) is 55.3 cm³/mol. The predicted octanol–water partition coefficient (Wildman–Crippen LogP) is 1.49. The maximum atomic E-state index is 11.4. The van der Waals surface area contributed by atoms with Crippen molar-refractivity contribution in [1.29, 1.82) is 0 Å². The molecule has 0 amide bonds. The molecule has 0 bridgehead atoms. The Hall–Kier alpha value is -0.390. The monoisotopic (exact) mass is 263 g/mol. The van der Waals surface area contributed by atoms with Crippen molar-refractivity contribution in [3.8, 4) is 0 Å². The molecule has 0 aliphatic carbocycles. The standard InChI is InChI=1S/C8H10BrNO2S/c1-10-13(11,12)8-5-3-2-4-7(8)6-9/h2-5,10H,6H2,1H3. The van der Waals surface area contributed by atoms with Gasteiger partial charge < -0.3 is 0 Å². The summed E-state index contributed by atoms with van der Waals surface area (Å²) in [7, 11) is -1.92. The molecule has 1 aromatic carbocycles. The van der Waals surface area contributed by atoms with Crippen molar-refractivity contribution in [3.05, 3.63) is 29.8 Å². The van der Waals surface area contributed by atoms with Gasteiger partial charge in [-0.2, -0.15) is 0 Å². The highest BCUT2D eigenvalue weighted by Crippen LogP contribution is 2.17. The molecule has 0 atom stereocenters. The van der Waals surface area contributed by atoms with Gasteiger partial charge in [0.2, 0.25) is 10.0 Å². The Morgan fingerprint density at radius 2 is 2.00 bits per heavy atom. The Morgan fingerprint density at radius 3 is 2.54 bits per heavy atom. The smallest absolute Gasteiger partial charge is 0.214 e. The van der Waals surface area contributed by atoms with Crippen LogP contribution in [0, 0.1) is 0 Å². The molecule has 1 aromatic rings. The summed E-state index contributed by atoms with van der Waals surface area (Å²) in [5.74, 6) is 0. The fourth-order valence-corrected chi connectivity index (χ4v) is 2.62. The Morgan fingerprint density at radius 1 is 1.38 bits per heavy atom. The van der Waals surface area contributed by atoms with Crippen molar-refractivity contribution in [3.63, 3.8) is 0 Å². The van der Waals surface area contributed by atoms with E-state index in [1.54, 1.807) is 18.2 Å². The van der Waals surface area contributed by atoms with Crippen molar-refractivity contribution >= 4 is 26.0 Å². The molecule has 1 N–H and O–H groups in total. The summed E-state index contributed by atoms with van der Waals surface area (Å²) in [6, 6.07) is 6.88.